The van der Waals surface area contributed by atoms with E-state index in [1.54, 1.807) is 0 Å². The van der Waals surface area contributed by atoms with Gasteiger partial charge in [-0.25, -0.2) is 0 Å². The van der Waals surface area contributed by atoms with Crippen LogP contribution in [0.1, 0.15) is 0 Å². The second-order valence-corrected chi connectivity index (χ2v) is 0. The van der Waals surface area contributed by atoms with Crippen molar-refractivity contribution in [3.63, 3.8) is 0 Å². The summed E-state index contributed by atoms with van der Waals surface area (Å²) in [5.41, 5.74) is 0. The van der Waals surface area contributed by atoms with Gasteiger partial charge in [-0.3, -0.25) is 0 Å². The topological polar surface area (TPSA) is 31.5 Å². The standard InChI is InChI=1S/Ba.Ca.Na.H2O.Sr.7H/h;;;1H2;;;;;;;;. The molecule has 0 aliphatic heterocycles. The Labute approximate surface area is 161 Å². The summed E-state index contributed by atoms with van der Waals surface area (Å²) < 4.78 is 0. The van der Waals surface area contributed by atoms with Gasteiger partial charge in [0.1, 0.15) is 0 Å². The van der Waals surface area contributed by atoms with E-state index in [0.717, 1.165) is 0 Å². The molecule has 1 nitrogen and oxygen atoms in total. The summed E-state index contributed by atoms with van der Waals surface area (Å²) in [6, 6.07) is 0. The molecule has 0 aromatic carbocycles. The van der Waals surface area contributed by atoms with Crippen LogP contribution in [0.25, 0.3) is 0 Å². The fourth-order valence-corrected chi connectivity index (χ4v) is 0. The first-order valence-electron chi connectivity index (χ1n) is 0. The van der Waals surface area contributed by atoms with Crippen LogP contribution in [-0.4, -0.2) is 167 Å². The molecule has 0 unspecified atom stereocenters. The molecule has 5 heavy (non-hydrogen) atoms. The van der Waals surface area contributed by atoms with E-state index < -0.39 is 0 Å². The molecule has 0 spiro atoms. The van der Waals surface area contributed by atoms with E-state index in [2.05, 4.69) is 0 Å². The Hall–Kier alpha value is 5.27. The molecule has 0 atom stereocenters. The van der Waals surface area contributed by atoms with Gasteiger partial charge < -0.3 is 5.48 Å². The van der Waals surface area contributed by atoms with Gasteiger partial charge in [0.25, 0.3) is 0 Å². The normalized spacial score (nSPS) is 0. The molecule has 22 valence electrons. The molecular formula is H9BaCaNaOSr. The van der Waals surface area contributed by atoms with Crippen molar-refractivity contribution in [3.05, 3.63) is 0 Å². The number of rotatable bonds is 0. The Morgan fingerprint density at radius 2 is 1.00 bits per heavy atom. The van der Waals surface area contributed by atoms with Gasteiger partial charge in [-0.1, -0.05) is 0 Å². The third-order valence-corrected chi connectivity index (χ3v) is 0. The van der Waals surface area contributed by atoms with Crippen LogP contribution in [0.4, 0.5) is 0 Å². The van der Waals surface area contributed by atoms with Crippen molar-refractivity contribution in [2.75, 3.05) is 0 Å². The third-order valence-electron chi connectivity index (χ3n) is 0. The van der Waals surface area contributed by atoms with E-state index in [1.165, 1.54) is 0 Å². The zero-order chi connectivity index (χ0) is 0. The minimum absolute atomic E-state index is 0. The summed E-state index contributed by atoms with van der Waals surface area (Å²) in [5, 5.41) is 0. The molecule has 2 N–H and O–H groups in total. The van der Waals surface area contributed by atoms with Crippen LogP contribution in [0.2, 0.25) is 0 Å². The minimum atomic E-state index is 0. The Balaban J connectivity index is 0. The summed E-state index contributed by atoms with van der Waals surface area (Å²) in [4.78, 5) is 0. The van der Waals surface area contributed by atoms with Crippen molar-refractivity contribution in [2.24, 2.45) is 0 Å². The average molecular weight is 313 g/mol. The second-order valence-electron chi connectivity index (χ2n) is 0. The van der Waals surface area contributed by atoms with Crippen LogP contribution < -0.4 is 0 Å². The zero-order valence-electron chi connectivity index (χ0n) is 0.500. The number of hydrogen-bond acceptors (Lipinski definition) is 0. The second kappa shape index (κ2) is 22.8. The third kappa shape index (κ3) is 17.6. The number of hydrogen-bond donors (Lipinski definition) is 0. The molecule has 0 aliphatic carbocycles. The van der Waals surface area contributed by atoms with Gasteiger partial charge in [-0.2, -0.15) is 0 Å². The zero-order valence-corrected chi connectivity index (χ0v) is 0.500. The fourth-order valence-electron chi connectivity index (χ4n) is 0. The van der Waals surface area contributed by atoms with Gasteiger partial charge in [-0.15, -0.1) is 0 Å². The van der Waals surface area contributed by atoms with Crippen molar-refractivity contribution < 1.29 is 5.48 Å². The summed E-state index contributed by atoms with van der Waals surface area (Å²) in [6.07, 6.45) is 0. The summed E-state index contributed by atoms with van der Waals surface area (Å²) in [5.74, 6) is 0. The van der Waals surface area contributed by atoms with Crippen LogP contribution in [0.15, 0.2) is 0 Å². The van der Waals surface area contributed by atoms with E-state index >= 15 is 0 Å². The predicted molar refractivity (Wildman–Crippen MR) is 36.4 cm³/mol. The van der Waals surface area contributed by atoms with E-state index in [-0.39, 0.29) is 167 Å². The van der Waals surface area contributed by atoms with Gasteiger partial charge in [0.2, 0.25) is 0 Å². The van der Waals surface area contributed by atoms with Crippen LogP contribution in [0.3, 0.4) is 0 Å². The quantitative estimate of drug-likeness (QED) is 0.406. The SMILES string of the molecule is O.[BaH2].[CaH2].[NaH].[SrH2]. The van der Waals surface area contributed by atoms with Gasteiger partial charge in [0.05, 0.1) is 0 Å². The van der Waals surface area contributed by atoms with E-state index in [9.17, 15) is 0 Å². The monoisotopic (exact) mass is 314 g/mol. The molecule has 0 aromatic rings. The van der Waals surface area contributed by atoms with Gasteiger partial charge in [0.15, 0.2) is 0 Å². The predicted octanol–water partition coefficient (Wildman–Crippen LogP) is -4.22. The maximum atomic E-state index is 0. The van der Waals surface area contributed by atoms with E-state index in [4.69, 9.17) is 0 Å². The Bertz CT molecular complexity index is 11.6. The summed E-state index contributed by atoms with van der Waals surface area (Å²) in [6.45, 7) is 0. The molecule has 0 amide bonds. The van der Waals surface area contributed by atoms with Crippen molar-refractivity contribution in [2.45, 2.75) is 0 Å². The van der Waals surface area contributed by atoms with Crippen LogP contribution in [0, 0.1) is 0 Å². The van der Waals surface area contributed by atoms with Gasteiger partial charge in [-0.05, 0) is 0 Å². The van der Waals surface area contributed by atoms with Crippen LogP contribution in [-0.2, 0) is 0 Å². The first-order valence-corrected chi connectivity index (χ1v) is 0. The van der Waals surface area contributed by atoms with Crippen molar-refractivity contribution in [3.8, 4) is 0 Å². The molecule has 0 bridgehead atoms. The molecule has 0 radical (unpaired) electrons. The molecule has 5 heteroatoms. The molecule has 0 heterocycles. The molecule has 0 saturated carbocycles. The maximum absolute atomic E-state index is 0. The summed E-state index contributed by atoms with van der Waals surface area (Å²) >= 11 is 0. The van der Waals surface area contributed by atoms with E-state index in [1.807, 2.05) is 0 Å². The van der Waals surface area contributed by atoms with Crippen molar-refractivity contribution >= 4 is 162 Å². The molecule has 0 aliphatic rings. The molecule has 0 rings (SSSR count). The summed E-state index contributed by atoms with van der Waals surface area (Å²) in [7, 11) is 0. The first kappa shape index (κ1) is 31.8. The Morgan fingerprint density at radius 3 is 1.00 bits per heavy atom. The fraction of sp³-hybridized carbons (Fsp3) is 0. The molecule has 0 fully saturated rings. The van der Waals surface area contributed by atoms with Crippen molar-refractivity contribution in [1.82, 2.24) is 0 Å². The van der Waals surface area contributed by atoms with E-state index in [0.29, 0.717) is 0 Å². The van der Waals surface area contributed by atoms with Crippen LogP contribution in [0.5, 0.6) is 0 Å². The Kier molecular flexibility index (Phi) is 145. The molecule has 0 aromatic heterocycles. The Morgan fingerprint density at radius 1 is 1.00 bits per heavy atom. The molecular weight excluding hydrogens is 304 g/mol. The van der Waals surface area contributed by atoms with Crippen molar-refractivity contribution in [1.29, 1.82) is 0 Å². The van der Waals surface area contributed by atoms with Gasteiger partial charge >= 0.3 is 162 Å². The van der Waals surface area contributed by atoms with Crippen LogP contribution >= 0.6 is 0 Å². The molecule has 0 saturated heterocycles. The van der Waals surface area contributed by atoms with Gasteiger partial charge in [0, 0.05) is 0 Å². The average Bonchev–Trinajstić information content (AvgIpc) is 0. The first-order chi connectivity index (χ1) is 0.